The first kappa shape index (κ1) is 26.7. The molecule has 0 unspecified atom stereocenters. The number of aromatic hydroxyl groups is 2. The molecule has 4 rings (SSSR count). The number of hydrogen-bond donors (Lipinski definition) is 3. The molecule has 37 heavy (non-hydrogen) atoms. The third-order valence-corrected chi connectivity index (χ3v) is 7.84. The maximum atomic E-state index is 14.3. The Morgan fingerprint density at radius 3 is 2.27 bits per heavy atom. The number of fused-ring (bicyclic) bond motifs is 1. The van der Waals surface area contributed by atoms with Gasteiger partial charge in [0.05, 0.1) is 11.1 Å². The molecule has 3 aromatic rings. The van der Waals surface area contributed by atoms with Crippen LogP contribution in [0.1, 0.15) is 92.5 Å². The molecule has 3 heterocycles. The number of carboxylic acids is 1. The highest BCUT2D eigenvalue weighted by molar-refractivity contribution is 7.09. The Balaban J connectivity index is 2.02. The lowest BCUT2D eigenvalue weighted by atomic mass is 9.82. The molecule has 9 heteroatoms. The maximum Gasteiger partial charge on any atom is 0.334 e. The summed E-state index contributed by atoms with van der Waals surface area (Å²) < 4.78 is 1.34. The van der Waals surface area contributed by atoms with Gasteiger partial charge >= 0.3 is 5.97 Å². The van der Waals surface area contributed by atoms with E-state index in [1.807, 2.05) is 32.9 Å². The third kappa shape index (κ3) is 4.19. The van der Waals surface area contributed by atoms with Crippen molar-refractivity contribution in [2.75, 3.05) is 0 Å². The predicted molar refractivity (Wildman–Crippen MR) is 142 cm³/mol. The summed E-state index contributed by atoms with van der Waals surface area (Å²) in [4.78, 5) is 33.3. The molecule has 1 amide bonds. The highest BCUT2D eigenvalue weighted by Crippen LogP contribution is 2.59. The van der Waals surface area contributed by atoms with Crippen molar-refractivity contribution >= 4 is 23.2 Å². The summed E-state index contributed by atoms with van der Waals surface area (Å²) in [6.07, 6.45) is 2.25. The summed E-state index contributed by atoms with van der Waals surface area (Å²) in [6.45, 7) is 12.2. The number of aliphatic carboxylic acids is 1. The fourth-order valence-electron chi connectivity index (χ4n) is 5.42. The molecule has 1 aliphatic rings. The smallest absolute Gasteiger partial charge is 0.334 e. The van der Waals surface area contributed by atoms with Gasteiger partial charge in [0.25, 0.3) is 5.91 Å². The van der Waals surface area contributed by atoms with E-state index in [-0.39, 0.29) is 40.6 Å². The Hall–Kier alpha value is -3.33. The number of carbonyl (C=O) groups excluding carboxylic acids is 1. The van der Waals surface area contributed by atoms with E-state index in [1.54, 1.807) is 23.7 Å². The second-order valence-electron chi connectivity index (χ2n) is 11.1. The van der Waals surface area contributed by atoms with E-state index < -0.39 is 23.5 Å². The Bertz CT molecular complexity index is 1310. The molecule has 3 N–H and O–H groups in total. The van der Waals surface area contributed by atoms with Crippen molar-refractivity contribution in [3.05, 3.63) is 63.1 Å². The molecule has 0 aliphatic carbocycles. The van der Waals surface area contributed by atoms with Gasteiger partial charge in [-0.2, -0.15) is 0 Å². The van der Waals surface area contributed by atoms with E-state index in [4.69, 9.17) is 0 Å². The molecule has 0 radical (unpaired) electrons. The van der Waals surface area contributed by atoms with Crippen LogP contribution in [0, 0.1) is 5.92 Å². The molecule has 2 aromatic heterocycles. The van der Waals surface area contributed by atoms with Crippen molar-refractivity contribution in [1.29, 1.82) is 0 Å². The second-order valence-corrected chi connectivity index (χ2v) is 12.1. The summed E-state index contributed by atoms with van der Waals surface area (Å²) >= 11 is 1.27. The first-order valence-corrected chi connectivity index (χ1v) is 13.5. The Morgan fingerprint density at radius 2 is 1.78 bits per heavy atom. The number of nitrogens with zero attached hydrogens (tertiary/aromatic N) is 3. The third-order valence-electron chi connectivity index (χ3n) is 7.01. The van der Waals surface area contributed by atoms with Gasteiger partial charge in [-0.1, -0.05) is 53.7 Å². The molecular formula is C28H35N3O5S. The molecule has 8 nitrogen and oxygen atoms in total. The number of benzene rings is 1. The van der Waals surface area contributed by atoms with Gasteiger partial charge in [0.1, 0.15) is 11.0 Å². The fourth-order valence-corrected chi connectivity index (χ4v) is 6.15. The number of carboxylic acid groups (broad SMARTS) is 1. The summed E-state index contributed by atoms with van der Waals surface area (Å²) in [6, 6.07) is 6.21. The lowest BCUT2D eigenvalue weighted by molar-refractivity contribution is -0.152. The molecule has 198 valence electrons. The Morgan fingerprint density at radius 1 is 1.14 bits per heavy atom. The molecule has 1 aromatic carbocycles. The number of rotatable bonds is 7. The lowest BCUT2D eigenvalue weighted by Gasteiger charge is -2.39. The average Bonchev–Trinajstić information content (AvgIpc) is 3.51. The normalized spacial score (nSPS) is 19.4. The molecular weight excluding hydrogens is 490 g/mol. The Labute approximate surface area is 221 Å². The van der Waals surface area contributed by atoms with E-state index in [9.17, 15) is 24.9 Å². The van der Waals surface area contributed by atoms with Crippen LogP contribution in [0.25, 0.3) is 0 Å². The topological polar surface area (TPSA) is 116 Å². The van der Waals surface area contributed by atoms with Crippen LogP contribution in [0.4, 0.5) is 0 Å². The van der Waals surface area contributed by atoms with Crippen LogP contribution in [-0.2, 0) is 22.3 Å². The van der Waals surface area contributed by atoms with Crippen molar-refractivity contribution in [1.82, 2.24) is 14.5 Å². The molecule has 0 bridgehead atoms. The first-order valence-electron chi connectivity index (χ1n) is 12.6. The Kier molecular flexibility index (Phi) is 6.88. The van der Waals surface area contributed by atoms with Crippen LogP contribution < -0.4 is 0 Å². The van der Waals surface area contributed by atoms with Crippen molar-refractivity contribution in [2.24, 2.45) is 5.92 Å². The van der Waals surface area contributed by atoms with Gasteiger partial charge in [-0.25, -0.2) is 9.78 Å². The van der Waals surface area contributed by atoms with Crippen molar-refractivity contribution < 1.29 is 24.9 Å². The van der Waals surface area contributed by atoms with Crippen LogP contribution in [-0.4, -0.2) is 41.6 Å². The first-order chi connectivity index (χ1) is 17.4. The predicted octanol–water partition coefficient (Wildman–Crippen LogP) is 5.63. The quantitative estimate of drug-likeness (QED) is 0.368. The summed E-state index contributed by atoms with van der Waals surface area (Å²) in [5.41, 5.74) is -0.354. The minimum atomic E-state index is -1.90. The van der Waals surface area contributed by atoms with Gasteiger partial charge < -0.3 is 20.2 Å². The van der Waals surface area contributed by atoms with Crippen LogP contribution in [0.15, 0.2) is 35.8 Å². The highest BCUT2D eigenvalue weighted by atomic mass is 32.1. The monoisotopic (exact) mass is 525 g/mol. The van der Waals surface area contributed by atoms with E-state index in [0.717, 1.165) is 5.56 Å². The van der Waals surface area contributed by atoms with Gasteiger partial charge in [-0.15, -0.1) is 11.3 Å². The minimum Gasteiger partial charge on any atom is -0.494 e. The van der Waals surface area contributed by atoms with Crippen molar-refractivity contribution in [3.63, 3.8) is 0 Å². The zero-order valence-electron chi connectivity index (χ0n) is 22.1. The maximum absolute atomic E-state index is 14.3. The second kappa shape index (κ2) is 9.52. The van der Waals surface area contributed by atoms with Gasteiger partial charge in [-0.05, 0) is 41.9 Å². The van der Waals surface area contributed by atoms with Crippen LogP contribution in [0.5, 0.6) is 11.8 Å². The summed E-state index contributed by atoms with van der Waals surface area (Å²) in [5.74, 6) is -2.46. The van der Waals surface area contributed by atoms with E-state index in [2.05, 4.69) is 25.8 Å². The standard InChI is InChI=1S/C28H35N3O5S/c1-7-13-30-24(33)19-20(25(30)34)28(26(35)36,15-16(2)3)31(21(19)22-29-12-14-37-22)23(32)17-8-10-18(11-9-17)27(4,5)6/h8-12,14,16,21,33-34H,7,13,15H2,1-6H3,(H,35,36)/t21-,28+/m1/s1. The molecule has 0 saturated carbocycles. The van der Waals surface area contributed by atoms with Gasteiger partial charge in [0.15, 0.2) is 11.4 Å². The summed E-state index contributed by atoms with van der Waals surface area (Å²) in [7, 11) is 0. The highest BCUT2D eigenvalue weighted by Gasteiger charge is 2.63. The van der Waals surface area contributed by atoms with Crippen molar-refractivity contribution in [2.45, 2.75) is 77.9 Å². The lowest BCUT2D eigenvalue weighted by Crippen LogP contribution is -2.53. The number of aromatic nitrogens is 2. The minimum absolute atomic E-state index is 0.0478. The fraction of sp³-hybridized carbons (Fsp3) is 0.464. The van der Waals surface area contributed by atoms with E-state index in [1.165, 1.54) is 20.8 Å². The number of carbonyl (C=O) groups is 2. The number of hydrogen-bond acceptors (Lipinski definition) is 6. The molecule has 0 spiro atoms. The van der Waals surface area contributed by atoms with Crippen LogP contribution in [0.3, 0.4) is 0 Å². The number of thiazole rings is 1. The van der Waals surface area contributed by atoms with Gasteiger partial charge in [0.2, 0.25) is 5.88 Å². The summed E-state index contributed by atoms with van der Waals surface area (Å²) in [5, 5.41) is 35.7. The largest absolute Gasteiger partial charge is 0.494 e. The van der Waals surface area contributed by atoms with Crippen molar-refractivity contribution in [3.8, 4) is 11.8 Å². The van der Waals surface area contributed by atoms with E-state index in [0.29, 0.717) is 23.5 Å². The number of amides is 1. The van der Waals surface area contributed by atoms with Gasteiger partial charge in [0, 0.05) is 23.7 Å². The zero-order valence-corrected chi connectivity index (χ0v) is 23.0. The molecule has 1 aliphatic heterocycles. The zero-order chi connectivity index (χ0) is 27.3. The van der Waals surface area contributed by atoms with E-state index >= 15 is 0 Å². The SMILES string of the molecule is CCCn1c(O)c2c(c1O)[C@@](CC(C)C)(C(=O)O)N(C(=O)c1ccc(C(C)(C)C)cc1)[C@H]2c1nccs1. The molecule has 2 atom stereocenters. The van der Waals surface area contributed by atoms with Gasteiger partial charge in [-0.3, -0.25) is 9.36 Å². The van der Waals surface area contributed by atoms with Crippen LogP contribution >= 0.6 is 11.3 Å². The molecule has 0 saturated heterocycles. The molecule has 0 fully saturated rings. The average molecular weight is 526 g/mol. The van der Waals surface area contributed by atoms with Crippen LogP contribution in [0.2, 0.25) is 0 Å².